The van der Waals surface area contributed by atoms with Crippen molar-refractivity contribution < 1.29 is 31.5 Å². The van der Waals surface area contributed by atoms with Crippen LogP contribution in [0.2, 0.25) is 0 Å². The first-order valence-electron chi connectivity index (χ1n) is 9.93. The predicted molar refractivity (Wildman–Crippen MR) is 112 cm³/mol. The van der Waals surface area contributed by atoms with E-state index >= 15 is 0 Å². The van der Waals surface area contributed by atoms with E-state index < -0.39 is 22.2 Å². The topological polar surface area (TPSA) is 94.1 Å². The van der Waals surface area contributed by atoms with Gasteiger partial charge in [-0.3, -0.25) is 4.79 Å². The second-order valence-electron chi connectivity index (χ2n) is 7.44. The zero-order valence-electron chi connectivity index (χ0n) is 17.3. The van der Waals surface area contributed by atoms with Gasteiger partial charge < -0.3 is 9.47 Å². The standard InChI is InChI=1S/C22H20F2N2O5S/c1-3-7-14-12-16(21(27)26-32(28,29)18-11-5-4-8-13(18)2)25-19(14)15-9-6-10-17-20(15)31-22(23,24)30-17/h4-6,8-12,14H,3,7H2,1-2H3,(H,26,27). The van der Waals surface area contributed by atoms with E-state index in [1.807, 2.05) is 11.6 Å². The van der Waals surface area contributed by atoms with Crippen LogP contribution >= 0.6 is 0 Å². The number of hydrogen-bond acceptors (Lipinski definition) is 6. The molecule has 1 unspecified atom stereocenters. The summed E-state index contributed by atoms with van der Waals surface area (Å²) < 4.78 is 63.8. The summed E-state index contributed by atoms with van der Waals surface area (Å²) in [5, 5.41) is 0. The van der Waals surface area contributed by atoms with Crippen LogP contribution in [0.25, 0.3) is 0 Å². The number of rotatable bonds is 6. The number of nitrogens with one attached hydrogen (secondary N) is 1. The van der Waals surface area contributed by atoms with Crippen LogP contribution in [0.15, 0.2) is 64.1 Å². The zero-order chi connectivity index (χ0) is 23.1. The summed E-state index contributed by atoms with van der Waals surface area (Å²) in [5.74, 6) is -1.59. The number of halogens is 2. The average Bonchev–Trinajstić information content (AvgIpc) is 3.27. The first kappa shape index (κ1) is 21.9. The van der Waals surface area contributed by atoms with E-state index in [0.29, 0.717) is 17.7 Å². The zero-order valence-corrected chi connectivity index (χ0v) is 18.1. The van der Waals surface area contributed by atoms with Crippen molar-refractivity contribution in [2.24, 2.45) is 10.9 Å². The smallest absolute Gasteiger partial charge is 0.395 e. The minimum Gasteiger partial charge on any atom is -0.395 e. The third kappa shape index (κ3) is 4.10. The molecule has 32 heavy (non-hydrogen) atoms. The summed E-state index contributed by atoms with van der Waals surface area (Å²) in [6.45, 7) is 3.55. The van der Waals surface area contributed by atoms with Crippen LogP contribution in [-0.2, 0) is 14.8 Å². The number of hydrogen-bond donors (Lipinski definition) is 1. The normalized spacial score (nSPS) is 18.8. The Morgan fingerprint density at radius 2 is 1.91 bits per heavy atom. The number of ether oxygens (including phenoxy) is 2. The van der Waals surface area contributed by atoms with Gasteiger partial charge in [0.2, 0.25) is 0 Å². The number of carbonyl (C=O) groups is 1. The quantitative estimate of drug-likeness (QED) is 0.702. The van der Waals surface area contributed by atoms with Crippen molar-refractivity contribution >= 4 is 21.6 Å². The molecule has 2 aliphatic heterocycles. The Labute approximate surface area is 183 Å². The van der Waals surface area contributed by atoms with E-state index in [4.69, 9.17) is 0 Å². The van der Waals surface area contributed by atoms with E-state index in [2.05, 4.69) is 14.5 Å². The molecular formula is C22H20F2N2O5S. The number of allylic oxidation sites excluding steroid dienone is 1. The molecule has 0 fully saturated rings. The third-order valence-electron chi connectivity index (χ3n) is 5.10. The second kappa shape index (κ2) is 8.01. The van der Waals surface area contributed by atoms with Gasteiger partial charge in [0, 0.05) is 11.5 Å². The Morgan fingerprint density at radius 1 is 1.16 bits per heavy atom. The lowest BCUT2D eigenvalue weighted by atomic mass is 9.93. The molecule has 7 nitrogen and oxygen atoms in total. The van der Waals surface area contributed by atoms with E-state index in [-0.39, 0.29) is 33.6 Å². The summed E-state index contributed by atoms with van der Waals surface area (Å²) in [6.07, 6.45) is -0.970. The molecule has 0 saturated heterocycles. The Morgan fingerprint density at radius 3 is 2.62 bits per heavy atom. The molecule has 10 heteroatoms. The maximum atomic E-state index is 13.6. The molecule has 1 atom stereocenters. The second-order valence-corrected chi connectivity index (χ2v) is 9.10. The number of para-hydroxylation sites is 1. The molecule has 0 spiro atoms. The fraction of sp³-hybridized carbons (Fsp3) is 0.273. The molecule has 0 radical (unpaired) electrons. The maximum Gasteiger partial charge on any atom is 0.586 e. The van der Waals surface area contributed by atoms with Crippen LogP contribution in [0.5, 0.6) is 11.5 Å². The molecular weight excluding hydrogens is 442 g/mol. The summed E-state index contributed by atoms with van der Waals surface area (Å²) in [5.41, 5.74) is 0.973. The molecule has 2 aliphatic rings. The third-order valence-corrected chi connectivity index (χ3v) is 6.59. The van der Waals surface area contributed by atoms with Crippen molar-refractivity contribution in [3.05, 3.63) is 65.4 Å². The summed E-state index contributed by atoms with van der Waals surface area (Å²) >= 11 is 0. The Kier molecular flexibility index (Phi) is 5.49. The van der Waals surface area contributed by atoms with Crippen LogP contribution in [-0.4, -0.2) is 26.3 Å². The number of amides is 1. The molecule has 4 rings (SSSR count). The van der Waals surface area contributed by atoms with Crippen LogP contribution in [0.3, 0.4) is 0 Å². The summed E-state index contributed by atoms with van der Waals surface area (Å²) in [6, 6.07) is 10.7. The van der Waals surface area contributed by atoms with Gasteiger partial charge in [0.25, 0.3) is 15.9 Å². The number of fused-ring (bicyclic) bond motifs is 1. The number of aryl methyl sites for hydroxylation is 1. The van der Waals surface area contributed by atoms with Crippen molar-refractivity contribution in [3.8, 4) is 11.5 Å². The molecule has 0 aromatic heterocycles. The maximum absolute atomic E-state index is 13.6. The number of alkyl halides is 2. The SMILES string of the molecule is CCCC1C=C(C(=O)NS(=O)(=O)c2ccccc2C)N=C1c1cccc2c1OC(F)(F)O2. The Balaban J connectivity index is 1.66. The van der Waals surface area contributed by atoms with Gasteiger partial charge in [-0.25, -0.2) is 18.1 Å². The largest absolute Gasteiger partial charge is 0.586 e. The number of nitrogens with zero attached hydrogens (tertiary/aromatic N) is 1. The fourth-order valence-corrected chi connectivity index (χ4v) is 4.90. The van der Waals surface area contributed by atoms with Gasteiger partial charge in [-0.15, -0.1) is 8.78 Å². The molecule has 1 amide bonds. The lowest BCUT2D eigenvalue weighted by molar-refractivity contribution is -0.286. The van der Waals surface area contributed by atoms with Gasteiger partial charge in [-0.2, -0.15) is 0 Å². The molecule has 0 saturated carbocycles. The van der Waals surface area contributed by atoms with Crippen LogP contribution in [0.4, 0.5) is 8.78 Å². The van der Waals surface area contributed by atoms with E-state index in [1.165, 1.54) is 24.3 Å². The first-order valence-corrected chi connectivity index (χ1v) is 11.4. The van der Waals surface area contributed by atoms with E-state index in [1.54, 1.807) is 31.2 Å². The van der Waals surface area contributed by atoms with Gasteiger partial charge in [-0.1, -0.05) is 37.6 Å². The predicted octanol–water partition coefficient (Wildman–Crippen LogP) is 3.92. The Hall–Kier alpha value is -3.27. The van der Waals surface area contributed by atoms with Gasteiger partial charge in [0.1, 0.15) is 5.70 Å². The average molecular weight is 462 g/mol. The summed E-state index contributed by atoms with van der Waals surface area (Å²) in [7, 11) is -4.12. The van der Waals surface area contributed by atoms with Gasteiger partial charge in [0.15, 0.2) is 11.5 Å². The number of aliphatic imine (C=N–C) groups is 1. The summed E-state index contributed by atoms with van der Waals surface area (Å²) in [4.78, 5) is 17.1. The van der Waals surface area contributed by atoms with Crippen molar-refractivity contribution in [2.75, 3.05) is 0 Å². The minimum atomic E-state index is -4.12. The molecule has 168 valence electrons. The molecule has 0 bridgehead atoms. The molecule has 1 N–H and O–H groups in total. The lowest BCUT2D eigenvalue weighted by Gasteiger charge is -2.13. The van der Waals surface area contributed by atoms with Gasteiger partial charge in [0.05, 0.1) is 10.6 Å². The minimum absolute atomic E-state index is 0.0186. The van der Waals surface area contributed by atoms with Crippen LogP contribution in [0.1, 0.15) is 30.9 Å². The highest BCUT2D eigenvalue weighted by molar-refractivity contribution is 7.90. The van der Waals surface area contributed by atoms with Crippen molar-refractivity contribution in [2.45, 2.75) is 37.9 Å². The Bertz CT molecular complexity index is 1250. The van der Waals surface area contributed by atoms with Crippen LogP contribution in [0, 0.1) is 12.8 Å². The van der Waals surface area contributed by atoms with E-state index in [0.717, 1.165) is 6.42 Å². The van der Waals surface area contributed by atoms with Crippen molar-refractivity contribution in [1.29, 1.82) is 0 Å². The lowest BCUT2D eigenvalue weighted by Crippen LogP contribution is -2.31. The monoisotopic (exact) mass is 462 g/mol. The van der Waals surface area contributed by atoms with Crippen molar-refractivity contribution in [3.63, 3.8) is 0 Å². The highest BCUT2D eigenvalue weighted by Gasteiger charge is 2.45. The number of benzene rings is 2. The molecule has 2 aromatic rings. The fourth-order valence-electron chi connectivity index (χ4n) is 3.70. The van der Waals surface area contributed by atoms with Crippen LogP contribution < -0.4 is 14.2 Å². The molecule has 2 heterocycles. The first-order chi connectivity index (χ1) is 15.1. The molecule has 0 aliphatic carbocycles. The van der Waals surface area contributed by atoms with Gasteiger partial charge in [-0.05, 0) is 43.2 Å². The highest BCUT2D eigenvalue weighted by Crippen LogP contribution is 2.45. The van der Waals surface area contributed by atoms with Crippen molar-refractivity contribution in [1.82, 2.24) is 4.72 Å². The molecule has 2 aromatic carbocycles. The number of carbonyl (C=O) groups excluding carboxylic acids is 1. The number of sulfonamides is 1. The van der Waals surface area contributed by atoms with E-state index in [9.17, 15) is 22.0 Å². The highest BCUT2D eigenvalue weighted by atomic mass is 32.2. The van der Waals surface area contributed by atoms with Gasteiger partial charge >= 0.3 is 6.29 Å².